The van der Waals surface area contributed by atoms with E-state index in [1.165, 1.54) is 6.08 Å². The van der Waals surface area contributed by atoms with Crippen molar-refractivity contribution in [3.05, 3.63) is 102 Å². The predicted octanol–water partition coefficient (Wildman–Crippen LogP) is 5.63. The van der Waals surface area contributed by atoms with Crippen molar-refractivity contribution in [3.63, 3.8) is 0 Å². The number of aryl methyl sites for hydroxylation is 1. The first kappa shape index (κ1) is 22.3. The summed E-state index contributed by atoms with van der Waals surface area (Å²) < 4.78 is 10.6. The summed E-state index contributed by atoms with van der Waals surface area (Å²) in [6, 6.07) is 21.7. The van der Waals surface area contributed by atoms with Gasteiger partial charge in [0, 0.05) is 11.6 Å². The van der Waals surface area contributed by atoms with Crippen molar-refractivity contribution in [3.8, 4) is 28.7 Å². The molecule has 0 spiro atoms. The quantitative estimate of drug-likeness (QED) is 0.292. The van der Waals surface area contributed by atoms with Crippen LogP contribution in [0.15, 0.2) is 85.0 Å². The van der Waals surface area contributed by atoms with Crippen LogP contribution >= 0.6 is 0 Å². The molecule has 0 N–H and O–H groups in total. The molecule has 0 saturated carbocycles. The van der Waals surface area contributed by atoms with Crippen LogP contribution in [0.1, 0.15) is 23.6 Å². The third-order valence-electron chi connectivity index (χ3n) is 4.58. The molecular weight excluding hydrogens is 402 g/mol. The Bertz CT molecular complexity index is 1230. The van der Waals surface area contributed by atoms with E-state index in [1.807, 2.05) is 31.2 Å². The number of hydrogen-bond acceptors (Lipinski definition) is 5. The Morgan fingerprint density at radius 1 is 0.938 bits per heavy atom. The number of hydrogen-bond donors (Lipinski definition) is 0. The van der Waals surface area contributed by atoms with Crippen LogP contribution < -0.4 is 9.47 Å². The lowest BCUT2D eigenvalue weighted by atomic mass is 10.0. The summed E-state index contributed by atoms with van der Waals surface area (Å²) in [6.45, 7) is 6.96. The van der Waals surface area contributed by atoms with Crippen molar-refractivity contribution < 1.29 is 19.1 Å². The highest BCUT2D eigenvalue weighted by Crippen LogP contribution is 2.23. The van der Waals surface area contributed by atoms with Gasteiger partial charge in [-0.2, -0.15) is 5.26 Å². The molecule has 0 unspecified atom stereocenters. The second-order valence-electron chi connectivity index (χ2n) is 7.16. The molecule has 5 heteroatoms. The van der Waals surface area contributed by atoms with Crippen molar-refractivity contribution in [2.45, 2.75) is 13.8 Å². The number of rotatable bonds is 6. The SMILES string of the molecule is C=C(C)C(=O)Oc1ccc(C=CC(=O)Oc2ccc(-c3ccc(C#N)cc3)cc2)cc1C. The first-order valence-electron chi connectivity index (χ1n) is 9.84. The van der Waals surface area contributed by atoms with Gasteiger partial charge in [0.05, 0.1) is 11.6 Å². The molecule has 0 aliphatic heterocycles. The first-order valence-corrected chi connectivity index (χ1v) is 9.84. The monoisotopic (exact) mass is 423 g/mol. The fourth-order valence-electron chi connectivity index (χ4n) is 2.84. The predicted molar refractivity (Wildman–Crippen MR) is 123 cm³/mol. The Morgan fingerprint density at radius 2 is 1.56 bits per heavy atom. The van der Waals surface area contributed by atoms with Gasteiger partial charge in [0.15, 0.2) is 0 Å². The molecule has 0 atom stereocenters. The molecule has 158 valence electrons. The van der Waals surface area contributed by atoms with E-state index in [4.69, 9.17) is 14.7 Å². The molecule has 3 aromatic carbocycles. The number of benzene rings is 3. The zero-order valence-corrected chi connectivity index (χ0v) is 17.8. The number of ether oxygens (including phenoxy) is 2. The molecule has 0 aromatic heterocycles. The van der Waals surface area contributed by atoms with Crippen LogP contribution in [0, 0.1) is 18.3 Å². The van der Waals surface area contributed by atoms with E-state index >= 15 is 0 Å². The highest BCUT2D eigenvalue weighted by atomic mass is 16.5. The second kappa shape index (κ2) is 10.1. The number of carbonyl (C=O) groups excluding carboxylic acids is 2. The summed E-state index contributed by atoms with van der Waals surface area (Å²) in [5.41, 5.74) is 4.37. The lowest BCUT2D eigenvalue weighted by Crippen LogP contribution is -2.09. The first-order chi connectivity index (χ1) is 15.4. The fraction of sp³-hybridized carbons (Fsp3) is 0.0741. The maximum atomic E-state index is 12.2. The Kier molecular flexibility index (Phi) is 6.99. The minimum absolute atomic E-state index is 0.320. The topological polar surface area (TPSA) is 76.4 Å². The summed E-state index contributed by atoms with van der Waals surface area (Å²) in [6.07, 6.45) is 2.97. The van der Waals surface area contributed by atoms with E-state index in [1.54, 1.807) is 55.5 Å². The average Bonchev–Trinajstić information content (AvgIpc) is 2.79. The number of nitriles is 1. The van der Waals surface area contributed by atoms with E-state index < -0.39 is 11.9 Å². The molecule has 0 fully saturated rings. The average molecular weight is 423 g/mol. The van der Waals surface area contributed by atoms with Gasteiger partial charge >= 0.3 is 11.9 Å². The largest absolute Gasteiger partial charge is 0.423 e. The third-order valence-corrected chi connectivity index (χ3v) is 4.58. The van der Waals surface area contributed by atoms with Crippen molar-refractivity contribution >= 4 is 18.0 Å². The number of nitrogens with zero attached hydrogens (tertiary/aromatic N) is 1. The molecule has 0 aliphatic rings. The molecular formula is C27H21NO4. The van der Waals surface area contributed by atoms with Crippen LogP contribution in [0.4, 0.5) is 0 Å². The van der Waals surface area contributed by atoms with Crippen LogP contribution in [0.2, 0.25) is 0 Å². The standard InChI is InChI=1S/C27H21NO4/c1-18(2)27(30)32-25-14-6-20(16-19(25)3)7-15-26(29)31-24-12-10-23(11-13-24)22-8-4-21(17-28)5-9-22/h4-16H,1H2,2-3H3. The molecule has 0 amide bonds. The molecule has 0 saturated heterocycles. The Labute approximate surface area is 186 Å². The summed E-state index contributed by atoms with van der Waals surface area (Å²) in [5.74, 6) is -0.118. The van der Waals surface area contributed by atoms with E-state index in [-0.39, 0.29) is 0 Å². The van der Waals surface area contributed by atoms with Crippen LogP contribution in [-0.4, -0.2) is 11.9 Å². The summed E-state index contributed by atoms with van der Waals surface area (Å²) in [4.78, 5) is 23.8. The molecule has 3 aromatic rings. The van der Waals surface area contributed by atoms with Crippen molar-refractivity contribution in [2.24, 2.45) is 0 Å². The lowest BCUT2D eigenvalue weighted by molar-refractivity contribution is -0.130. The molecule has 3 rings (SSSR count). The highest BCUT2D eigenvalue weighted by Gasteiger charge is 2.08. The van der Waals surface area contributed by atoms with E-state index in [9.17, 15) is 9.59 Å². The summed E-state index contributed by atoms with van der Waals surface area (Å²) in [7, 11) is 0. The zero-order chi connectivity index (χ0) is 23.1. The molecule has 5 nitrogen and oxygen atoms in total. The zero-order valence-electron chi connectivity index (χ0n) is 17.8. The lowest BCUT2D eigenvalue weighted by Gasteiger charge is -2.08. The molecule has 0 bridgehead atoms. The Balaban J connectivity index is 1.61. The minimum atomic E-state index is -0.508. The van der Waals surface area contributed by atoms with Crippen molar-refractivity contribution in [1.82, 2.24) is 0 Å². The molecule has 0 aliphatic carbocycles. The van der Waals surface area contributed by atoms with Gasteiger partial charge in [0.25, 0.3) is 0 Å². The Hall–Kier alpha value is -4.43. The molecule has 0 heterocycles. The smallest absolute Gasteiger partial charge is 0.338 e. The van der Waals surface area contributed by atoms with Crippen LogP contribution in [0.3, 0.4) is 0 Å². The highest BCUT2D eigenvalue weighted by molar-refractivity contribution is 5.90. The molecule has 32 heavy (non-hydrogen) atoms. The van der Waals surface area contributed by atoms with Gasteiger partial charge < -0.3 is 9.47 Å². The van der Waals surface area contributed by atoms with Gasteiger partial charge in [0.2, 0.25) is 0 Å². The van der Waals surface area contributed by atoms with E-state index in [2.05, 4.69) is 12.6 Å². The van der Waals surface area contributed by atoms with Gasteiger partial charge in [-0.15, -0.1) is 0 Å². The molecule has 0 radical (unpaired) electrons. The van der Waals surface area contributed by atoms with Gasteiger partial charge in [-0.05, 0) is 78.6 Å². The number of carbonyl (C=O) groups is 2. The van der Waals surface area contributed by atoms with Crippen LogP contribution in [0.5, 0.6) is 11.5 Å². The van der Waals surface area contributed by atoms with E-state index in [0.717, 1.165) is 22.3 Å². The summed E-state index contributed by atoms with van der Waals surface area (Å²) in [5, 5.41) is 8.89. The van der Waals surface area contributed by atoms with Gasteiger partial charge in [0.1, 0.15) is 11.5 Å². The fourth-order valence-corrected chi connectivity index (χ4v) is 2.84. The van der Waals surface area contributed by atoms with Gasteiger partial charge in [-0.1, -0.05) is 36.9 Å². The van der Waals surface area contributed by atoms with Crippen molar-refractivity contribution in [1.29, 1.82) is 5.26 Å². The second-order valence-corrected chi connectivity index (χ2v) is 7.16. The van der Waals surface area contributed by atoms with Crippen molar-refractivity contribution in [2.75, 3.05) is 0 Å². The maximum absolute atomic E-state index is 12.2. The van der Waals surface area contributed by atoms with Gasteiger partial charge in [-0.3, -0.25) is 0 Å². The third kappa shape index (κ3) is 5.80. The summed E-state index contributed by atoms with van der Waals surface area (Å²) >= 11 is 0. The minimum Gasteiger partial charge on any atom is -0.423 e. The van der Waals surface area contributed by atoms with Gasteiger partial charge in [-0.25, -0.2) is 9.59 Å². The number of esters is 2. The normalized spacial score (nSPS) is 10.4. The van der Waals surface area contributed by atoms with Crippen LogP contribution in [0.25, 0.3) is 17.2 Å². The maximum Gasteiger partial charge on any atom is 0.338 e. The Morgan fingerprint density at radius 3 is 2.12 bits per heavy atom. The van der Waals surface area contributed by atoms with Crippen LogP contribution in [-0.2, 0) is 9.59 Å². The van der Waals surface area contributed by atoms with E-state index in [0.29, 0.717) is 22.6 Å².